The molecule has 0 radical (unpaired) electrons. The van der Waals surface area contributed by atoms with Crippen LogP contribution in [0.4, 0.5) is 22.2 Å². The fraction of sp³-hybridized carbons (Fsp3) is 0.421. The van der Waals surface area contributed by atoms with Crippen LogP contribution in [0, 0.1) is 0 Å². The minimum absolute atomic E-state index is 0.152. The first-order valence-electron chi connectivity index (χ1n) is 9.10. The molecule has 27 heavy (non-hydrogen) atoms. The molecule has 2 aromatic rings. The molecule has 0 unspecified atom stereocenters. The van der Waals surface area contributed by atoms with Gasteiger partial charge in [-0.25, -0.2) is 9.78 Å². The van der Waals surface area contributed by atoms with Crippen LogP contribution < -0.4 is 20.9 Å². The molecule has 1 fully saturated rings. The van der Waals surface area contributed by atoms with Gasteiger partial charge in [0.25, 0.3) is 0 Å². The van der Waals surface area contributed by atoms with E-state index in [1.807, 2.05) is 37.2 Å². The number of hydrogen-bond donors (Lipinski definition) is 3. The number of nitrogens with zero attached hydrogens (tertiary/aromatic N) is 3. The lowest BCUT2D eigenvalue weighted by molar-refractivity contribution is 0.243. The van der Waals surface area contributed by atoms with E-state index in [-0.39, 0.29) is 12.1 Å². The fourth-order valence-corrected chi connectivity index (χ4v) is 3.32. The number of benzene rings is 1. The highest BCUT2D eigenvalue weighted by Crippen LogP contribution is 2.23. The summed E-state index contributed by atoms with van der Waals surface area (Å²) in [6.45, 7) is 0. The van der Waals surface area contributed by atoms with E-state index in [1.165, 1.54) is 0 Å². The Hall–Kier alpha value is -2.54. The Morgan fingerprint density at radius 3 is 2.52 bits per heavy atom. The number of carbonyl (C=O) groups excluding carboxylic acids is 1. The molecule has 7 nitrogen and oxygen atoms in total. The summed E-state index contributed by atoms with van der Waals surface area (Å²) in [6.07, 6.45) is 5.47. The van der Waals surface area contributed by atoms with Crippen LogP contribution in [0.25, 0.3) is 0 Å². The molecule has 2 amide bonds. The lowest BCUT2D eigenvalue weighted by Crippen LogP contribution is -2.42. The molecule has 0 aliphatic heterocycles. The Morgan fingerprint density at radius 1 is 1.11 bits per heavy atom. The maximum absolute atomic E-state index is 12.2. The van der Waals surface area contributed by atoms with Crippen LogP contribution in [-0.2, 0) is 0 Å². The van der Waals surface area contributed by atoms with Crippen molar-refractivity contribution < 1.29 is 4.79 Å². The third-order valence-corrected chi connectivity index (χ3v) is 4.95. The first kappa shape index (κ1) is 19.2. The number of hydrogen-bond acceptors (Lipinski definition) is 5. The van der Waals surface area contributed by atoms with E-state index in [0.717, 1.165) is 31.5 Å². The summed E-state index contributed by atoms with van der Waals surface area (Å²) >= 11 is 6.07. The van der Waals surface area contributed by atoms with Gasteiger partial charge in [0.1, 0.15) is 5.82 Å². The second-order valence-corrected chi connectivity index (χ2v) is 7.31. The van der Waals surface area contributed by atoms with Crippen molar-refractivity contribution in [2.75, 3.05) is 29.6 Å². The highest BCUT2D eigenvalue weighted by molar-refractivity contribution is 6.33. The number of aromatic nitrogens is 2. The lowest BCUT2D eigenvalue weighted by Gasteiger charge is -2.29. The molecule has 3 rings (SSSR count). The fourth-order valence-electron chi connectivity index (χ4n) is 3.14. The van der Waals surface area contributed by atoms with Crippen molar-refractivity contribution in [2.24, 2.45) is 0 Å². The van der Waals surface area contributed by atoms with Gasteiger partial charge in [-0.3, -0.25) is 0 Å². The number of carbonyl (C=O) groups is 1. The molecule has 1 saturated carbocycles. The Kier molecular flexibility index (Phi) is 6.34. The molecule has 0 atom stereocenters. The number of anilines is 3. The van der Waals surface area contributed by atoms with Crippen LogP contribution in [-0.4, -0.2) is 42.2 Å². The molecule has 0 bridgehead atoms. The van der Waals surface area contributed by atoms with Gasteiger partial charge >= 0.3 is 6.03 Å². The zero-order valence-corrected chi connectivity index (χ0v) is 16.3. The molecule has 1 heterocycles. The minimum Gasteiger partial charge on any atom is -0.363 e. The average molecular weight is 389 g/mol. The standard InChI is InChI=1S/C19H25ClN6O/c1-26(2)17-11-12-21-18(25-17)22-13-7-9-14(10-8-13)23-19(27)24-16-6-4-3-5-15(16)20/h3-6,11-14H,7-10H2,1-2H3,(H,21,22,25)(H2,23,24,27)/t13-,14+. The number of halogens is 1. The van der Waals surface area contributed by atoms with Gasteiger partial charge in [0.15, 0.2) is 0 Å². The molecule has 1 aromatic heterocycles. The van der Waals surface area contributed by atoms with Gasteiger partial charge in [-0.2, -0.15) is 4.98 Å². The number of para-hydroxylation sites is 1. The first-order chi connectivity index (χ1) is 13.0. The predicted molar refractivity (Wildman–Crippen MR) is 110 cm³/mol. The van der Waals surface area contributed by atoms with Gasteiger partial charge in [-0.05, 0) is 43.9 Å². The number of urea groups is 1. The Balaban J connectivity index is 1.45. The van der Waals surface area contributed by atoms with E-state index < -0.39 is 0 Å². The third-order valence-electron chi connectivity index (χ3n) is 4.62. The highest BCUT2D eigenvalue weighted by atomic mass is 35.5. The van der Waals surface area contributed by atoms with Crippen LogP contribution in [0.15, 0.2) is 36.5 Å². The normalized spacial score (nSPS) is 19.2. The Morgan fingerprint density at radius 2 is 1.81 bits per heavy atom. The second kappa shape index (κ2) is 8.90. The van der Waals surface area contributed by atoms with E-state index in [0.29, 0.717) is 22.7 Å². The van der Waals surface area contributed by atoms with Gasteiger partial charge in [0.2, 0.25) is 5.95 Å². The number of rotatable bonds is 5. The summed E-state index contributed by atoms with van der Waals surface area (Å²) in [4.78, 5) is 22.9. The summed E-state index contributed by atoms with van der Waals surface area (Å²) in [5.74, 6) is 1.52. The minimum atomic E-state index is -0.221. The number of nitrogens with one attached hydrogen (secondary N) is 3. The number of amides is 2. The zero-order chi connectivity index (χ0) is 19.2. The van der Waals surface area contributed by atoms with Crippen molar-refractivity contribution in [3.8, 4) is 0 Å². The van der Waals surface area contributed by atoms with Gasteiger partial charge in [0.05, 0.1) is 10.7 Å². The van der Waals surface area contributed by atoms with Crippen molar-refractivity contribution >= 4 is 35.1 Å². The molecular formula is C19H25ClN6O. The summed E-state index contributed by atoms with van der Waals surface area (Å²) in [5, 5.41) is 9.76. The van der Waals surface area contributed by atoms with Crippen molar-refractivity contribution in [1.82, 2.24) is 15.3 Å². The summed E-state index contributed by atoms with van der Waals surface area (Å²) in [7, 11) is 3.91. The maximum Gasteiger partial charge on any atom is 0.319 e. The molecule has 1 aliphatic carbocycles. The van der Waals surface area contributed by atoms with Crippen LogP contribution in [0.2, 0.25) is 5.02 Å². The molecular weight excluding hydrogens is 364 g/mol. The van der Waals surface area contributed by atoms with Crippen molar-refractivity contribution in [3.63, 3.8) is 0 Å². The average Bonchev–Trinajstić information content (AvgIpc) is 2.65. The largest absolute Gasteiger partial charge is 0.363 e. The van der Waals surface area contributed by atoms with E-state index in [4.69, 9.17) is 11.6 Å². The van der Waals surface area contributed by atoms with Gasteiger partial charge < -0.3 is 20.9 Å². The lowest BCUT2D eigenvalue weighted by atomic mass is 9.91. The van der Waals surface area contributed by atoms with Crippen LogP contribution in [0.3, 0.4) is 0 Å². The van der Waals surface area contributed by atoms with Crippen molar-refractivity contribution in [3.05, 3.63) is 41.6 Å². The summed E-state index contributed by atoms with van der Waals surface area (Å²) < 4.78 is 0. The Bertz CT molecular complexity index is 776. The smallest absolute Gasteiger partial charge is 0.319 e. The molecule has 0 saturated heterocycles. The first-order valence-corrected chi connectivity index (χ1v) is 9.48. The van der Waals surface area contributed by atoms with Crippen LogP contribution in [0.1, 0.15) is 25.7 Å². The summed E-state index contributed by atoms with van der Waals surface area (Å²) in [6, 6.07) is 9.33. The molecule has 0 spiro atoms. The predicted octanol–water partition coefficient (Wildman–Crippen LogP) is 3.74. The van der Waals surface area contributed by atoms with Gasteiger partial charge in [-0.15, -0.1) is 0 Å². The van der Waals surface area contributed by atoms with E-state index in [9.17, 15) is 4.79 Å². The Labute approximate surface area is 164 Å². The van der Waals surface area contributed by atoms with E-state index in [1.54, 1.807) is 18.3 Å². The van der Waals surface area contributed by atoms with Gasteiger partial charge in [-0.1, -0.05) is 23.7 Å². The molecule has 8 heteroatoms. The SMILES string of the molecule is CN(C)c1ccnc(N[C@H]2CC[C@@H](NC(=O)Nc3ccccc3Cl)CC2)n1. The molecule has 1 aromatic carbocycles. The topological polar surface area (TPSA) is 82.2 Å². The van der Waals surface area contributed by atoms with Gasteiger partial charge in [0, 0.05) is 32.4 Å². The van der Waals surface area contributed by atoms with E-state index in [2.05, 4.69) is 25.9 Å². The summed E-state index contributed by atoms with van der Waals surface area (Å²) in [5.41, 5.74) is 0.616. The monoisotopic (exact) mass is 388 g/mol. The molecule has 1 aliphatic rings. The van der Waals surface area contributed by atoms with Crippen molar-refractivity contribution in [1.29, 1.82) is 0 Å². The highest BCUT2D eigenvalue weighted by Gasteiger charge is 2.23. The zero-order valence-electron chi connectivity index (χ0n) is 15.6. The maximum atomic E-state index is 12.2. The molecule has 3 N–H and O–H groups in total. The van der Waals surface area contributed by atoms with Crippen LogP contribution >= 0.6 is 11.6 Å². The molecule has 144 valence electrons. The van der Waals surface area contributed by atoms with Crippen molar-refractivity contribution in [2.45, 2.75) is 37.8 Å². The third kappa shape index (κ3) is 5.47. The quantitative estimate of drug-likeness (QED) is 0.726. The van der Waals surface area contributed by atoms with Crippen LogP contribution in [0.5, 0.6) is 0 Å². The van der Waals surface area contributed by atoms with E-state index >= 15 is 0 Å². The second-order valence-electron chi connectivity index (χ2n) is 6.90.